The third-order valence-corrected chi connectivity index (χ3v) is 7.75. The molecule has 0 amide bonds. The van der Waals surface area contributed by atoms with Crippen LogP contribution in [0.1, 0.15) is 33.4 Å². The quantitative estimate of drug-likeness (QED) is 0.246. The summed E-state index contributed by atoms with van der Waals surface area (Å²) in [5, 5.41) is 15.9. The Kier molecular flexibility index (Phi) is 7.47. The van der Waals surface area contributed by atoms with Crippen LogP contribution in [0.4, 0.5) is 0 Å². The van der Waals surface area contributed by atoms with E-state index in [1.165, 1.54) is 4.88 Å². The Labute approximate surface area is 235 Å². The van der Waals surface area contributed by atoms with Crippen LogP contribution in [0, 0.1) is 0 Å². The molecule has 0 radical (unpaired) electrons. The van der Waals surface area contributed by atoms with Gasteiger partial charge < -0.3 is 9.72 Å². The SMILES string of the molecule is COc1ccc2[nH]c(=O)c([C@H](c3nnnn3Cc3ccccc3)N(Cc3ccccc3)Cc3cccs3)cc2c1. The monoisotopic (exact) mass is 548 g/mol. The first-order valence-corrected chi connectivity index (χ1v) is 13.9. The van der Waals surface area contributed by atoms with Crippen LogP contribution in [0.2, 0.25) is 0 Å². The Morgan fingerprint density at radius 3 is 2.42 bits per heavy atom. The van der Waals surface area contributed by atoms with E-state index in [1.54, 1.807) is 23.1 Å². The minimum atomic E-state index is -0.527. The predicted molar refractivity (Wildman–Crippen MR) is 156 cm³/mol. The number of H-pyrrole nitrogens is 1. The van der Waals surface area contributed by atoms with Gasteiger partial charge in [0.15, 0.2) is 5.82 Å². The summed E-state index contributed by atoms with van der Waals surface area (Å²) in [5.41, 5.74) is 3.33. The van der Waals surface area contributed by atoms with E-state index in [4.69, 9.17) is 4.74 Å². The van der Waals surface area contributed by atoms with Gasteiger partial charge in [0, 0.05) is 34.4 Å². The highest BCUT2D eigenvalue weighted by atomic mass is 32.1. The highest BCUT2D eigenvalue weighted by molar-refractivity contribution is 7.09. The first-order chi connectivity index (χ1) is 19.7. The number of nitrogens with zero attached hydrogens (tertiary/aromatic N) is 5. The third kappa shape index (κ3) is 5.56. The summed E-state index contributed by atoms with van der Waals surface area (Å²) in [4.78, 5) is 20.3. The van der Waals surface area contributed by atoms with Crippen molar-refractivity contribution in [2.45, 2.75) is 25.7 Å². The van der Waals surface area contributed by atoms with Crippen LogP contribution in [-0.4, -0.2) is 37.2 Å². The van der Waals surface area contributed by atoms with Gasteiger partial charge in [-0.3, -0.25) is 9.69 Å². The molecule has 0 unspecified atom stereocenters. The first-order valence-electron chi connectivity index (χ1n) is 13.0. The topological polar surface area (TPSA) is 88.9 Å². The van der Waals surface area contributed by atoms with Crippen molar-refractivity contribution in [3.05, 3.63) is 140 Å². The Hall–Kier alpha value is -4.60. The van der Waals surface area contributed by atoms with Crippen molar-refractivity contribution >= 4 is 22.2 Å². The average Bonchev–Trinajstić information content (AvgIpc) is 3.67. The number of thiophene rings is 1. The Morgan fingerprint density at radius 2 is 1.70 bits per heavy atom. The van der Waals surface area contributed by atoms with Crippen LogP contribution in [-0.2, 0) is 19.6 Å². The van der Waals surface area contributed by atoms with Gasteiger partial charge in [0.1, 0.15) is 11.8 Å². The van der Waals surface area contributed by atoms with Crippen LogP contribution in [0.5, 0.6) is 5.75 Å². The second kappa shape index (κ2) is 11.6. The van der Waals surface area contributed by atoms with Gasteiger partial charge >= 0.3 is 0 Å². The molecule has 1 N–H and O–H groups in total. The number of tetrazole rings is 1. The smallest absolute Gasteiger partial charge is 0.253 e. The Morgan fingerprint density at radius 1 is 0.925 bits per heavy atom. The molecule has 0 fully saturated rings. The number of benzene rings is 3. The zero-order chi connectivity index (χ0) is 27.3. The van der Waals surface area contributed by atoms with E-state index in [2.05, 4.69) is 49.0 Å². The number of methoxy groups -OCH3 is 1. The molecule has 3 aromatic carbocycles. The van der Waals surface area contributed by atoms with Crippen LogP contribution in [0.3, 0.4) is 0 Å². The van der Waals surface area contributed by atoms with Crippen molar-refractivity contribution in [3.8, 4) is 5.75 Å². The summed E-state index contributed by atoms with van der Waals surface area (Å²) in [7, 11) is 1.64. The van der Waals surface area contributed by atoms with E-state index in [0.29, 0.717) is 31.0 Å². The number of rotatable bonds is 10. The number of aromatic nitrogens is 5. The highest BCUT2D eigenvalue weighted by Crippen LogP contribution is 2.31. The fraction of sp³-hybridized carbons (Fsp3) is 0.161. The summed E-state index contributed by atoms with van der Waals surface area (Å²) in [5.74, 6) is 1.32. The molecule has 6 aromatic rings. The molecule has 0 saturated carbocycles. The normalized spacial score (nSPS) is 12.2. The van der Waals surface area contributed by atoms with Crippen molar-refractivity contribution in [2.75, 3.05) is 7.11 Å². The molecule has 0 aliphatic rings. The maximum absolute atomic E-state index is 13.8. The van der Waals surface area contributed by atoms with E-state index in [1.807, 2.05) is 78.9 Å². The van der Waals surface area contributed by atoms with Crippen molar-refractivity contribution < 1.29 is 4.74 Å². The highest BCUT2D eigenvalue weighted by Gasteiger charge is 2.31. The zero-order valence-electron chi connectivity index (χ0n) is 22.0. The maximum atomic E-state index is 13.8. The van der Waals surface area contributed by atoms with Gasteiger partial charge in [0.25, 0.3) is 5.56 Å². The molecule has 0 aliphatic carbocycles. The summed E-state index contributed by atoms with van der Waals surface area (Å²) >= 11 is 1.69. The van der Waals surface area contributed by atoms with Gasteiger partial charge in [-0.2, -0.15) is 0 Å². The molecule has 200 valence electrons. The van der Waals surface area contributed by atoms with Gasteiger partial charge in [-0.05, 0) is 57.3 Å². The van der Waals surface area contributed by atoms with Gasteiger partial charge in [0.2, 0.25) is 0 Å². The van der Waals surface area contributed by atoms with Crippen LogP contribution >= 0.6 is 11.3 Å². The maximum Gasteiger partial charge on any atom is 0.253 e. The Bertz CT molecular complexity index is 1750. The molecule has 9 heteroatoms. The number of pyridine rings is 1. The van der Waals surface area contributed by atoms with Gasteiger partial charge in [-0.15, -0.1) is 16.4 Å². The largest absolute Gasteiger partial charge is 0.497 e. The zero-order valence-corrected chi connectivity index (χ0v) is 22.8. The van der Waals surface area contributed by atoms with Gasteiger partial charge in [-0.1, -0.05) is 66.7 Å². The van der Waals surface area contributed by atoms with E-state index in [9.17, 15) is 4.79 Å². The lowest BCUT2D eigenvalue weighted by atomic mass is 10.0. The fourth-order valence-electron chi connectivity index (χ4n) is 4.97. The van der Waals surface area contributed by atoms with E-state index in [0.717, 1.165) is 27.8 Å². The average molecular weight is 549 g/mol. The van der Waals surface area contributed by atoms with Crippen molar-refractivity contribution in [1.29, 1.82) is 0 Å². The first kappa shape index (κ1) is 25.7. The van der Waals surface area contributed by atoms with Gasteiger partial charge in [0.05, 0.1) is 13.7 Å². The molecule has 1 atom stereocenters. The van der Waals surface area contributed by atoms with E-state index < -0.39 is 6.04 Å². The second-order valence-electron chi connectivity index (χ2n) is 9.56. The van der Waals surface area contributed by atoms with Crippen LogP contribution in [0.25, 0.3) is 10.9 Å². The number of fused-ring (bicyclic) bond motifs is 1. The predicted octanol–water partition coefficient (Wildman–Crippen LogP) is 5.42. The lowest BCUT2D eigenvalue weighted by Gasteiger charge is -2.31. The number of hydrogen-bond acceptors (Lipinski definition) is 7. The minimum absolute atomic E-state index is 0.179. The standard InChI is InChI=1S/C31H28N6O2S/c1-39-25-14-15-28-24(17-25)18-27(31(38)32-28)29(30-33-34-35-37(30)20-23-11-6-3-7-12-23)36(21-26-13-8-16-40-26)19-22-9-4-2-5-10-22/h2-18,29H,19-21H2,1H3,(H,32,38)/t29-/m1/s1. The van der Waals surface area contributed by atoms with Crippen LogP contribution in [0.15, 0.2) is 107 Å². The molecule has 0 saturated heterocycles. The van der Waals surface area contributed by atoms with Gasteiger partial charge in [-0.25, -0.2) is 4.68 Å². The second-order valence-corrected chi connectivity index (χ2v) is 10.6. The van der Waals surface area contributed by atoms with Crippen molar-refractivity contribution in [3.63, 3.8) is 0 Å². The number of ether oxygens (including phenoxy) is 1. The molecule has 0 aliphatic heterocycles. The third-order valence-electron chi connectivity index (χ3n) is 6.89. The van der Waals surface area contributed by atoms with Crippen molar-refractivity contribution in [1.82, 2.24) is 30.1 Å². The number of aromatic amines is 1. The molecular weight excluding hydrogens is 520 g/mol. The molecule has 8 nitrogen and oxygen atoms in total. The summed E-state index contributed by atoms with van der Waals surface area (Å²) in [6.45, 7) is 1.69. The van der Waals surface area contributed by atoms with Crippen molar-refractivity contribution in [2.24, 2.45) is 0 Å². The molecule has 3 heterocycles. The lowest BCUT2D eigenvalue weighted by Crippen LogP contribution is -2.34. The molecule has 6 rings (SSSR count). The lowest BCUT2D eigenvalue weighted by molar-refractivity contribution is 0.196. The summed E-state index contributed by atoms with van der Waals surface area (Å²) < 4.78 is 7.26. The minimum Gasteiger partial charge on any atom is -0.497 e. The molecular formula is C31H28N6O2S. The number of nitrogens with one attached hydrogen (secondary N) is 1. The Balaban J connectivity index is 1.53. The fourth-order valence-corrected chi connectivity index (χ4v) is 5.70. The molecule has 0 bridgehead atoms. The van der Waals surface area contributed by atoms with E-state index >= 15 is 0 Å². The summed E-state index contributed by atoms with van der Waals surface area (Å²) in [6.07, 6.45) is 0. The van der Waals surface area contributed by atoms with E-state index in [-0.39, 0.29) is 5.56 Å². The number of hydrogen-bond donors (Lipinski definition) is 1. The molecule has 0 spiro atoms. The van der Waals surface area contributed by atoms with Crippen LogP contribution < -0.4 is 10.3 Å². The molecule has 3 aromatic heterocycles. The molecule has 40 heavy (non-hydrogen) atoms. The summed E-state index contributed by atoms with van der Waals surface area (Å²) in [6, 6.07) is 31.5.